The SMILES string of the molecule is Cc1ccc2c(c1)C1=NC(=O)N(C)C3(CCCC13)O2. The van der Waals surface area contributed by atoms with E-state index in [1.54, 1.807) is 11.9 Å². The van der Waals surface area contributed by atoms with Crippen LogP contribution in [0, 0.1) is 12.8 Å². The summed E-state index contributed by atoms with van der Waals surface area (Å²) < 4.78 is 6.28. The Balaban J connectivity index is 2.00. The third kappa shape index (κ3) is 1.24. The largest absolute Gasteiger partial charge is 0.466 e. The average Bonchev–Trinajstić information content (AvgIpc) is 2.82. The Labute approximate surface area is 112 Å². The first-order chi connectivity index (χ1) is 9.12. The number of carbonyl (C=O) groups excluding carboxylic acids is 1. The molecule has 1 saturated carbocycles. The summed E-state index contributed by atoms with van der Waals surface area (Å²) in [5, 5.41) is 0. The van der Waals surface area contributed by atoms with E-state index in [9.17, 15) is 4.79 Å². The summed E-state index contributed by atoms with van der Waals surface area (Å²) in [4.78, 5) is 18.1. The standard InChI is InChI=1S/C15H16N2O2/c1-9-5-6-12-10(8-9)13-11-4-3-7-15(11,19-12)17(2)14(18)16-13/h5-6,8,11H,3-4,7H2,1-2H3. The quantitative estimate of drug-likeness (QED) is 0.716. The van der Waals surface area contributed by atoms with E-state index >= 15 is 0 Å². The lowest BCUT2D eigenvalue weighted by Crippen LogP contribution is -2.62. The molecule has 0 aromatic heterocycles. The van der Waals surface area contributed by atoms with Crippen LogP contribution in [0.5, 0.6) is 5.75 Å². The fourth-order valence-corrected chi connectivity index (χ4v) is 3.69. The molecule has 2 atom stereocenters. The van der Waals surface area contributed by atoms with E-state index in [0.717, 1.165) is 36.3 Å². The highest BCUT2D eigenvalue weighted by molar-refractivity contribution is 6.12. The van der Waals surface area contributed by atoms with Crippen molar-refractivity contribution in [2.24, 2.45) is 10.9 Å². The number of urea groups is 1. The first kappa shape index (κ1) is 11.0. The molecule has 1 aromatic carbocycles. The van der Waals surface area contributed by atoms with Crippen LogP contribution in [0.2, 0.25) is 0 Å². The maximum absolute atomic E-state index is 12.1. The minimum atomic E-state index is -0.490. The Bertz CT molecular complexity index is 623. The second-order valence-corrected chi connectivity index (χ2v) is 5.73. The predicted molar refractivity (Wildman–Crippen MR) is 71.6 cm³/mol. The van der Waals surface area contributed by atoms with Gasteiger partial charge in [0.2, 0.25) is 0 Å². The van der Waals surface area contributed by atoms with Crippen molar-refractivity contribution in [3.05, 3.63) is 29.3 Å². The number of aryl methyl sites for hydroxylation is 1. The van der Waals surface area contributed by atoms with Crippen molar-refractivity contribution >= 4 is 11.7 Å². The topological polar surface area (TPSA) is 41.9 Å². The van der Waals surface area contributed by atoms with Crippen LogP contribution in [-0.4, -0.2) is 29.4 Å². The van der Waals surface area contributed by atoms with Gasteiger partial charge < -0.3 is 4.74 Å². The molecule has 19 heavy (non-hydrogen) atoms. The molecule has 1 aromatic rings. The van der Waals surface area contributed by atoms with Crippen LogP contribution in [0.25, 0.3) is 0 Å². The van der Waals surface area contributed by atoms with Crippen LogP contribution in [0.4, 0.5) is 4.79 Å². The summed E-state index contributed by atoms with van der Waals surface area (Å²) in [5.41, 5.74) is 2.62. The monoisotopic (exact) mass is 256 g/mol. The highest BCUT2D eigenvalue weighted by atomic mass is 16.5. The van der Waals surface area contributed by atoms with Gasteiger partial charge in [-0.25, -0.2) is 4.79 Å². The fraction of sp³-hybridized carbons (Fsp3) is 0.467. The molecule has 2 aliphatic heterocycles. The van der Waals surface area contributed by atoms with Crippen molar-refractivity contribution in [3.8, 4) is 5.75 Å². The number of hydrogen-bond donors (Lipinski definition) is 0. The lowest BCUT2D eigenvalue weighted by Gasteiger charge is -2.48. The molecule has 98 valence electrons. The molecule has 0 radical (unpaired) electrons. The van der Waals surface area contributed by atoms with Crippen LogP contribution in [0.3, 0.4) is 0 Å². The van der Waals surface area contributed by atoms with Crippen molar-refractivity contribution < 1.29 is 9.53 Å². The van der Waals surface area contributed by atoms with Crippen LogP contribution >= 0.6 is 0 Å². The Kier molecular flexibility index (Phi) is 1.96. The highest BCUT2D eigenvalue weighted by Crippen LogP contribution is 2.50. The van der Waals surface area contributed by atoms with E-state index in [2.05, 4.69) is 11.1 Å². The molecule has 4 heteroatoms. The summed E-state index contributed by atoms with van der Waals surface area (Å²) in [6.45, 7) is 2.05. The maximum Gasteiger partial charge on any atom is 0.346 e. The summed E-state index contributed by atoms with van der Waals surface area (Å²) in [7, 11) is 1.81. The molecule has 2 amide bonds. The molecule has 1 aliphatic carbocycles. The lowest BCUT2D eigenvalue weighted by atomic mass is 9.83. The number of hydrogen-bond acceptors (Lipinski definition) is 2. The van der Waals surface area contributed by atoms with Crippen molar-refractivity contribution in [2.75, 3.05) is 7.05 Å². The fourth-order valence-electron chi connectivity index (χ4n) is 3.69. The Hall–Kier alpha value is -1.84. The normalized spacial score (nSPS) is 31.5. The van der Waals surface area contributed by atoms with Crippen molar-refractivity contribution in [1.82, 2.24) is 4.90 Å². The van der Waals surface area contributed by atoms with Gasteiger partial charge in [0.15, 0.2) is 5.72 Å². The number of amides is 2. The second-order valence-electron chi connectivity index (χ2n) is 5.73. The molecule has 4 rings (SSSR count). The van der Waals surface area contributed by atoms with Crippen LogP contribution in [0.1, 0.15) is 30.4 Å². The van der Waals surface area contributed by atoms with Crippen molar-refractivity contribution in [1.29, 1.82) is 0 Å². The van der Waals surface area contributed by atoms with Gasteiger partial charge in [-0.15, -0.1) is 0 Å². The Morgan fingerprint density at radius 3 is 3.16 bits per heavy atom. The minimum absolute atomic E-state index is 0.180. The van der Waals surface area contributed by atoms with E-state index in [1.165, 1.54) is 5.56 Å². The Morgan fingerprint density at radius 2 is 2.32 bits per heavy atom. The minimum Gasteiger partial charge on any atom is -0.466 e. The molecular formula is C15H16N2O2. The predicted octanol–water partition coefficient (Wildman–Crippen LogP) is 2.74. The maximum atomic E-state index is 12.1. The molecule has 2 unspecified atom stereocenters. The van der Waals surface area contributed by atoms with Gasteiger partial charge in [-0.3, -0.25) is 4.90 Å². The molecule has 3 aliphatic rings. The summed E-state index contributed by atoms with van der Waals surface area (Å²) in [6.07, 6.45) is 3.02. The molecule has 0 spiro atoms. The van der Waals surface area contributed by atoms with Gasteiger partial charge >= 0.3 is 6.03 Å². The third-order valence-corrected chi connectivity index (χ3v) is 4.67. The van der Waals surface area contributed by atoms with Gasteiger partial charge in [0.1, 0.15) is 5.75 Å². The summed E-state index contributed by atoms with van der Waals surface area (Å²) in [6, 6.07) is 5.94. The van der Waals surface area contributed by atoms with Gasteiger partial charge in [0, 0.05) is 19.0 Å². The summed E-state index contributed by atoms with van der Waals surface area (Å²) in [5.74, 6) is 1.09. The molecule has 0 N–H and O–H groups in total. The molecule has 2 heterocycles. The van der Waals surface area contributed by atoms with Crippen LogP contribution in [0.15, 0.2) is 23.2 Å². The van der Waals surface area contributed by atoms with Gasteiger partial charge in [0.25, 0.3) is 0 Å². The number of ether oxygens (including phenoxy) is 1. The zero-order valence-electron chi connectivity index (χ0n) is 11.1. The first-order valence-electron chi connectivity index (χ1n) is 6.78. The van der Waals surface area contributed by atoms with Crippen molar-refractivity contribution in [3.63, 3.8) is 0 Å². The lowest BCUT2D eigenvalue weighted by molar-refractivity contribution is -0.0648. The van der Waals surface area contributed by atoms with E-state index in [-0.39, 0.29) is 11.9 Å². The number of fused-ring (bicyclic) bond motifs is 2. The summed E-state index contributed by atoms with van der Waals surface area (Å²) >= 11 is 0. The zero-order valence-corrected chi connectivity index (χ0v) is 11.1. The van der Waals surface area contributed by atoms with Gasteiger partial charge in [0.05, 0.1) is 11.6 Å². The smallest absolute Gasteiger partial charge is 0.346 e. The molecule has 2 bridgehead atoms. The van der Waals surface area contributed by atoms with E-state index < -0.39 is 5.72 Å². The highest BCUT2D eigenvalue weighted by Gasteiger charge is 2.58. The molecule has 4 nitrogen and oxygen atoms in total. The number of rotatable bonds is 0. The van der Waals surface area contributed by atoms with Gasteiger partial charge in [-0.2, -0.15) is 4.99 Å². The third-order valence-electron chi connectivity index (χ3n) is 4.67. The Morgan fingerprint density at radius 1 is 1.47 bits per heavy atom. The zero-order chi connectivity index (χ0) is 13.2. The molecular weight excluding hydrogens is 240 g/mol. The van der Waals surface area contributed by atoms with E-state index in [1.807, 2.05) is 19.1 Å². The number of benzene rings is 1. The number of carbonyl (C=O) groups is 1. The molecule has 0 saturated heterocycles. The number of nitrogens with zero attached hydrogens (tertiary/aromatic N) is 2. The number of aliphatic imine (C=N–C) groups is 1. The van der Waals surface area contributed by atoms with Crippen LogP contribution in [-0.2, 0) is 0 Å². The van der Waals surface area contributed by atoms with E-state index in [4.69, 9.17) is 4.74 Å². The average molecular weight is 256 g/mol. The van der Waals surface area contributed by atoms with Gasteiger partial charge in [-0.1, -0.05) is 11.6 Å². The van der Waals surface area contributed by atoms with Crippen LogP contribution < -0.4 is 4.74 Å². The van der Waals surface area contributed by atoms with Gasteiger partial charge in [-0.05, 0) is 31.9 Å². The molecule has 1 fully saturated rings. The van der Waals surface area contributed by atoms with Crippen molar-refractivity contribution in [2.45, 2.75) is 31.9 Å². The second kappa shape index (κ2) is 3.38. The van der Waals surface area contributed by atoms with E-state index in [0.29, 0.717) is 0 Å². The first-order valence-corrected chi connectivity index (χ1v) is 6.78.